The molecule has 0 aromatic heterocycles. The minimum atomic E-state index is -0.465. The van der Waals surface area contributed by atoms with Crippen LogP contribution in [0.1, 0.15) is 114 Å². The topological polar surface area (TPSA) is 93.2 Å². The molecule has 5 aromatic carbocycles. The average molecular weight is 739 g/mol. The van der Waals surface area contributed by atoms with Gasteiger partial charge in [0.25, 0.3) is 23.6 Å². The van der Waals surface area contributed by atoms with Crippen molar-refractivity contribution in [3.8, 4) is 11.5 Å². The van der Waals surface area contributed by atoms with E-state index in [9.17, 15) is 19.2 Å². The van der Waals surface area contributed by atoms with Crippen molar-refractivity contribution in [2.24, 2.45) is 0 Å². The standard InChI is InChI=1S/C18H17NO2.C17H20O2.C12H13NO2/c1-18(2,3)12-7-6-8-13(11-12)19-16(20)14-9-4-5-10-15(14)17(19)21;1-17(2,13-5-9-15(18-3)10-6-13)14-7-11-16(19-4)12-8-14;1-12(2,3)13-10(14)8-6-4-5-7-9(8)11(13)15/h4-11H,1-3H3;5-12H,1-4H3;4-7H,1-3H3. The van der Waals surface area contributed by atoms with Gasteiger partial charge in [0.15, 0.2) is 0 Å². The fourth-order valence-corrected chi connectivity index (χ4v) is 6.52. The first-order valence-corrected chi connectivity index (χ1v) is 18.3. The molecule has 5 aromatic rings. The number of benzene rings is 5. The third-order valence-corrected chi connectivity index (χ3v) is 9.85. The van der Waals surface area contributed by atoms with E-state index in [0.717, 1.165) is 17.1 Å². The SMILES string of the molecule is CC(C)(C)N1C(=O)c2ccccc2C1=O.CC(C)(C)c1cccc(N2C(=O)c3ccccc3C2=O)c1.COc1ccc(C(C)(C)c2ccc(OC)cc2)cc1. The van der Waals surface area contributed by atoms with Gasteiger partial charge in [0.2, 0.25) is 0 Å². The molecule has 2 heterocycles. The van der Waals surface area contributed by atoms with Crippen LogP contribution in [-0.2, 0) is 10.8 Å². The van der Waals surface area contributed by atoms with Crippen molar-refractivity contribution in [3.05, 3.63) is 160 Å². The molecule has 0 unspecified atom stereocenters. The third-order valence-electron chi connectivity index (χ3n) is 9.85. The maximum absolute atomic E-state index is 12.5. The van der Waals surface area contributed by atoms with Crippen LogP contribution in [0.5, 0.6) is 11.5 Å². The van der Waals surface area contributed by atoms with Crippen molar-refractivity contribution in [3.63, 3.8) is 0 Å². The van der Waals surface area contributed by atoms with Crippen LogP contribution < -0.4 is 14.4 Å². The molecule has 0 spiro atoms. The molecule has 0 saturated carbocycles. The van der Waals surface area contributed by atoms with Gasteiger partial charge in [-0.2, -0.15) is 0 Å². The fraction of sp³-hybridized carbons (Fsp3) is 0.277. The van der Waals surface area contributed by atoms with E-state index in [1.165, 1.54) is 20.9 Å². The number of anilines is 1. The van der Waals surface area contributed by atoms with E-state index in [0.29, 0.717) is 27.9 Å². The quantitative estimate of drug-likeness (QED) is 0.167. The lowest BCUT2D eigenvalue weighted by Gasteiger charge is -2.29. The van der Waals surface area contributed by atoms with Crippen LogP contribution >= 0.6 is 0 Å². The van der Waals surface area contributed by atoms with Crippen LogP contribution in [0.3, 0.4) is 0 Å². The highest BCUT2D eigenvalue weighted by atomic mass is 16.5. The van der Waals surface area contributed by atoms with Gasteiger partial charge in [-0.1, -0.05) is 95.3 Å². The highest BCUT2D eigenvalue weighted by molar-refractivity contribution is 6.34. The van der Waals surface area contributed by atoms with E-state index in [1.54, 1.807) is 68.8 Å². The number of nitrogens with zero attached hydrogens (tertiary/aromatic N) is 2. The van der Waals surface area contributed by atoms with Gasteiger partial charge in [-0.25, -0.2) is 4.90 Å². The van der Waals surface area contributed by atoms with Crippen molar-refractivity contribution in [2.45, 2.75) is 71.8 Å². The molecule has 0 aliphatic carbocycles. The Morgan fingerprint density at radius 1 is 0.436 bits per heavy atom. The number of methoxy groups -OCH3 is 2. The van der Waals surface area contributed by atoms with E-state index in [-0.39, 0.29) is 34.5 Å². The maximum Gasteiger partial charge on any atom is 0.266 e. The van der Waals surface area contributed by atoms with Crippen molar-refractivity contribution >= 4 is 29.3 Å². The van der Waals surface area contributed by atoms with E-state index in [1.807, 2.05) is 63.2 Å². The molecule has 0 bridgehead atoms. The number of imide groups is 2. The summed E-state index contributed by atoms with van der Waals surface area (Å²) >= 11 is 0. The average Bonchev–Trinajstić information content (AvgIpc) is 3.59. The van der Waals surface area contributed by atoms with E-state index < -0.39 is 5.54 Å². The van der Waals surface area contributed by atoms with Gasteiger partial charge in [-0.05, 0) is 104 Å². The summed E-state index contributed by atoms with van der Waals surface area (Å²) in [4.78, 5) is 51.4. The summed E-state index contributed by atoms with van der Waals surface area (Å²) in [5.74, 6) is 0.887. The van der Waals surface area contributed by atoms with Crippen molar-refractivity contribution < 1.29 is 28.7 Å². The molecule has 8 nitrogen and oxygen atoms in total. The van der Waals surface area contributed by atoms with Crippen LogP contribution in [0, 0.1) is 0 Å². The molecule has 0 atom stereocenters. The fourth-order valence-electron chi connectivity index (χ4n) is 6.52. The summed E-state index contributed by atoms with van der Waals surface area (Å²) in [6.45, 7) is 16.3. The predicted molar refractivity (Wildman–Crippen MR) is 218 cm³/mol. The summed E-state index contributed by atoms with van der Waals surface area (Å²) in [7, 11) is 3.37. The molecule has 2 aliphatic heterocycles. The molecule has 55 heavy (non-hydrogen) atoms. The first-order valence-electron chi connectivity index (χ1n) is 18.3. The lowest BCUT2D eigenvalue weighted by molar-refractivity contribution is 0.0507. The number of hydrogen-bond donors (Lipinski definition) is 0. The minimum Gasteiger partial charge on any atom is -0.497 e. The maximum atomic E-state index is 12.5. The Morgan fingerprint density at radius 2 is 0.818 bits per heavy atom. The number of fused-ring (bicyclic) bond motifs is 2. The Labute approximate surface area is 324 Å². The zero-order chi connectivity index (χ0) is 40.3. The first kappa shape index (κ1) is 40.2. The summed E-state index contributed by atoms with van der Waals surface area (Å²) in [6.07, 6.45) is 0. The summed E-state index contributed by atoms with van der Waals surface area (Å²) < 4.78 is 10.4. The van der Waals surface area contributed by atoms with Crippen LogP contribution in [0.25, 0.3) is 0 Å². The Kier molecular flexibility index (Phi) is 11.5. The van der Waals surface area contributed by atoms with Crippen LogP contribution in [-0.4, -0.2) is 48.3 Å². The lowest BCUT2D eigenvalue weighted by atomic mass is 9.78. The number of hydrogen-bond acceptors (Lipinski definition) is 6. The number of ether oxygens (including phenoxy) is 2. The van der Waals surface area contributed by atoms with E-state index in [4.69, 9.17) is 9.47 Å². The molecule has 4 amide bonds. The summed E-state index contributed by atoms with van der Waals surface area (Å²) in [6, 6.07) is 38.0. The van der Waals surface area contributed by atoms with Gasteiger partial charge in [-0.3, -0.25) is 24.1 Å². The molecule has 7 rings (SSSR count). The molecular formula is C47H50N2O6. The Hall–Kier alpha value is -6.02. The van der Waals surface area contributed by atoms with Crippen molar-refractivity contribution in [1.82, 2.24) is 4.90 Å². The van der Waals surface area contributed by atoms with Crippen LogP contribution in [0.2, 0.25) is 0 Å². The van der Waals surface area contributed by atoms with Crippen LogP contribution in [0.15, 0.2) is 121 Å². The normalized spacial score (nSPS) is 13.7. The Balaban J connectivity index is 0.000000160. The second kappa shape index (κ2) is 15.8. The molecule has 0 saturated heterocycles. The second-order valence-electron chi connectivity index (χ2n) is 16.0. The van der Waals surface area contributed by atoms with Gasteiger partial charge < -0.3 is 9.47 Å². The molecule has 0 fully saturated rings. The van der Waals surface area contributed by atoms with E-state index in [2.05, 4.69) is 58.9 Å². The summed E-state index contributed by atoms with van der Waals surface area (Å²) in [5, 5.41) is 0. The van der Waals surface area contributed by atoms with Gasteiger partial charge >= 0.3 is 0 Å². The molecular weight excluding hydrogens is 689 g/mol. The lowest BCUT2D eigenvalue weighted by Crippen LogP contribution is -2.45. The second-order valence-corrected chi connectivity index (χ2v) is 16.0. The molecule has 0 N–H and O–H groups in total. The van der Waals surface area contributed by atoms with Crippen molar-refractivity contribution in [2.75, 3.05) is 19.1 Å². The monoisotopic (exact) mass is 738 g/mol. The largest absolute Gasteiger partial charge is 0.497 e. The van der Waals surface area contributed by atoms with E-state index >= 15 is 0 Å². The zero-order valence-corrected chi connectivity index (χ0v) is 33.4. The summed E-state index contributed by atoms with van der Waals surface area (Å²) in [5.41, 5.74) is 5.68. The van der Waals surface area contributed by atoms with Gasteiger partial charge in [0, 0.05) is 11.0 Å². The predicted octanol–water partition coefficient (Wildman–Crippen LogP) is 9.90. The molecule has 2 aliphatic rings. The van der Waals surface area contributed by atoms with Crippen LogP contribution in [0.4, 0.5) is 5.69 Å². The minimum absolute atomic E-state index is 0.0331. The van der Waals surface area contributed by atoms with Crippen molar-refractivity contribution in [1.29, 1.82) is 0 Å². The number of carbonyl (C=O) groups excluding carboxylic acids is 4. The molecule has 8 heteroatoms. The molecule has 284 valence electrons. The third kappa shape index (κ3) is 8.39. The van der Waals surface area contributed by atoms with Gasteiger partial charge in [-0.15, -0.1) is 0 Å². The number of rotatable bonds is 5. The Morgan fingerprint density at radius 3 is 1.16 bits per heavy atom. The zero-order valence-electron chi connectivity index (χ0n) is 33.4. The Bertz CT molecular complexity index is 2090. The van der Waals surface area contributed by atoms with Gasteiger partial charge in [0.1, 0.15) is 11.5 Å². The molecule has 0 radical (unpaired) electrons. The first-order chi connectivity index (χ1) is 25.9. The van der Waals surface area contributed by atoms with Gasteiger partial charge in [0.05, 0.1) is 42.2 Å². The smallest absolute Gasteiger partial charge is 0.266 e. The number of carbonyl (C=O) groups is 4. The number of amides is 4. The highest BCUT2D eigenvalue weighted by Crippen LogP contribution is 2.34. The highest BCUT2D eigenvalue weighted by Gasteiger charge is 2.41.